The molecule has 1 unspecified atom stereocenters. The summed E-state index contributed by atoms with van der Waals surface area (Å²) in [5, 5.41) is 0. The van der Waals surface area contributed by atoms with Gasteiger partial charge in [-0.1, -0.05) is 11.6 Å². The van der Waals surface area contributed by atoms with E-state index in [2.05, 4.69) is 33.8 Å². The normalized spacial score (nSPS) is 42.1. The standard InChI is InChI=1S/C15H26O/c1-12(2)6-5-9-15(4)13-7-10-14(3,16-15)11-8-13/h6,13H,5,7-11H2,1-4H3. The quantitative estimate of drug-likeness (QED) is 0.640. The molecule has 1 nitrogen and oxygen atoms in total. The van der Waals surface area contributed by atoms with Crippen LogP contribution in [0.4, 0.5) is 0 Å². The minimum Gasteiger partial charge on any atom is -0.369 e. The van der Waals surface area contributed by atoms with Crippen LogP contribution in [-0.2, 0) is 4.74 Å². The molecule has 1 saturated carbocycles. The molecule has 0 N–H and O–H groups in total. The molecular weight excluding hydrogens is 196 g/mol. The first-order valence-electron chi connectivity index (χ1n) is 6.77. The van der Waals surface area contributed by atoms with E-state index in [1.54, 1.807) is 0 Å². The van der Waals surface area contributed by atoms with E-state index in [-0.39, 0.29) is 11.2 Å². The van der Waals surface area contributed by atoms with Crippen molar-refractivity contribution >= 4 is 0 Å². The van der Waals surface area contributed by atoms with Crippen molar-refractivity contribution in [2.45, 2.75) is 77.4 Å². The maximum atomic E-state index is 6.41. The smallest absolute Gasteiger partial charge is 0.0692 e. The van der Waals surface area contributed by atoms with E-state index in [0.717, 1.165) is 5.92 Å². The number of ether oxygens (including phenoxy) is 1. The lowest BCUT2D eigenvalue weighted by atomic mass is 9.67. The fraction of sp³-hybridized carbons (Fsp3) is 0.867. The van der Waals surface area contributed by atoms with Crippen LogP contribution in [0.15, 0.2) is 11.6 Å². The number of hydrogen-bond acceptors (Lipinski definition) is 1. The van der Waals surface area contributed by atoms with Crippen molar-refractivity contribution in [3.8, 4) is 0 Å². The minimum absolute atomic E-state index is 0.150. The van der Waals surface area contributed by atoms with Crippen molar-refractivity contribution in [2.75, 3.05) is 0 Å². The molecule has 92 valence electrons. The summed E-state index contributed by atoms with van der Waals surface area (Å²) < 4.78 is 6.41. The second-order valence-electron chi connectivity index (χ2n) is 6.46. The molecule has 0 spiro atoms. The fourth-order valence-electron chi connectivity index (χ4n) is 3.49. The lowest BCUT2D eigenvalue weighted by Gasteiger charge is -2.55. The predicted octanol–water partition coefficient (Wildman–Crippen LogP) is 4.47. The average molecular weight is 222 g/mol. The molecule has 0 aromatic carbocycles. The Morgan fingerprint density at radius 3 is 2.38 bits per heavy atom. The van der Waals surface area contributed by atoms with Gasteiger partial charge in [-0.3, -0.25) is 0 Å². The van der Waals surface area contributed by atoms with Crippen molar-refractivity contribution in [3.05, 3.63) is 11.6 Å². The Hall–Kier alpha value is -0.300. The Balaban J connectivity index is 1.99. The second kappa shape index (κ2) is 4.18. The van der Waals surface area contributed by atoms with Crippen LogP contribution in [0.3, 0.4) is 0 Å². The van der Waals surface area contributed by atoms with Gasteiger partial charge < -0.3 is 4.74 Å². The van der Waals surface area contributed by atoms with E-state index in [0.29, 0.717) is 0 Å². The molecule has 1 atom stereocenters. The lowest BCUT2D eigenvalue weighted by molar-refractivity contribution is -0.240. The summed E-state index contributed by atoms with van der Waals surface area (Å²) in [5.41, 5.74) is 1.77. The fourth-order valence-corrected chi connectivity index (χ4v) is 3.49. The summed E-state index contributed by atoms with van der Waals surface area (Å²) in [4.78, 5) is 0. The highest BCUT2D eigenvalue weighted by atomic mass is 16.5. The van der Waals surface area contributed by atoms with Crippen LogP contribution in [0, 0.1) is 5.92 Å². The number of hydrogen-bond donors (Lipinski definition) is 0. The Morgan fingerprint density at radius 1 is 1.25 bits per heavy atom. The van der Waals surface area contributed by atoms with Crippen LogP contribution in [0.1, 0.15) is 66.2 Å². The molecule has 2 saturated heterocycles. The largest absolute Gasteiger partial charge is 0.369 e. The van der Waals surface area contributed by atoms with Gasteiger partial charge in [-0.15, -0.1) is 0 Å². The zero-order chi connectivity index (χ0) is 11.8. The molecule has 0 amide bonds. The van der Waals surface area contributed by atoms with Gasteiger partial charge >= 0.3 is 0 Å². The van der Waals surface area contributed by atoms with E-state index in [1.807, 2.05) is 0 Å². The number of rotatable bonds is 3. The van der Waals surface area contributed by atoms with Gasteiger partial charge in [-0.05, 0) is 72.1 Å². The van der Waals surface area contributed by atoms with E-state index >= 15 is 0 Å². The Morgan fingerprint density at radius 2 is 1.88 bits per heavy atom. The van der Waals surface area contributed by atoms with Gasteiger partial charge in [-0.25, -0.2) is 0 Å². The third kappa shape index (κ3) is 2.34. The number of allylic oxidation sites excluding steroid dienone is 2. The molecule has 3 fully saturated rings. The highest BCUT2D eigenvalue weighted by Gasteiger charge is 2.50. The first-order valence-corrected chi connectivity index (χ1v) is 6.77. The minimum atomic E-state index is 0.150. The maximum Gasteiger partial charge on any atom is 0.0692 e. The zero-order valence-electron chi connectivity index (χ0n) is 11.3. The van der Waals surface area contributed by atoms with Crippen LogP contribution >= 0.6 is 0 Å². The molecule has 0 radical (unpaired) electrons. The van der Waals surface area contributed by atoms with Crippen LogP contribution < -0.4 is 0 Å². The van der Waals surface area contributed by atoms with Crippen LogP contribution in [-0.4, -0.2) is 11.2 Å². The third-order valence-electron chi connectivity index (χ3n) is 4.58. The zero-order valence-corrected chi connectivity index (χ0v) is 11.3. The SMILES string of the molecule is CC(C)=CCCC1(C)OC2(C)CCC1CC2. The monoisotopic (exact) mass is 222 g/mol. The van der Waals surface area contributed by atoms with Crippen LogP contribution in [0.5, 0.6) is 0 Å². The predicted molar refractivity (Wildman–Crippen MR) is 68.5 cm³/mol. The van der Waals surface area contributed by atoms with Gasteiger partial charge in [0.25, 0.3) is 0 Å². The molecule has 0 aromatic rings. The number of fused-ring (bicyclic) bond motifs is 3. The third-order valence-corrected chi connectivity index (χ3v) is 4.58. The van der Waals surface area contributed by atoms with Gasteiger partial charge in [0.1, 0.15) is 0 Å². The van der Waals surface area contributed by atoms with Crippen molar-refractivity contribution < 1.29 is 4.74 Å². The van der Waals surface area contributed by atoms with Gasteiger partial charge in [0.15, 0.2) is 0 Å². The van der Waals surface area contributed by atoms with Crippen molar-refractivity contribution in [3.63, 3.8) is 0 Å². The van der Waals surface area contributed by atoms with Crippen molar-refractivity contribution in [1.29, 1.82) is 0 Å². The molecule has 2 heterocycles. The first kappa shape index (κ1) is 12.2. The molecule has 16 heavy (non-hydrogen) atoms. The van der Waals surface area contributed by atoms with E-state index in [1.165, 1.54) is 44.1 Å². The summed E-state index contributed by atoms with van der Waals surface area (Å²) in [6.07, 6.45) is 10.0. The lowest BCUT2D eigenvalue weighted by Crippen LogP contribution is -2.55. The van der Waals surface area contributed by atoms with E-state index in [9.17, 15) is 0 Å². The maximum absolute atomic E-state index is 6.41. The second-order valence-corrected chi connectivity index (χ2v) is 6.46. The molecule has 3 aliphatic rings. The van der Waals surface area contributed by atoms with Crippen molar-refractivity contribution in [1.82, 2.24) is 0 Å². The van der Waals surface area contributed by atoms with Gasteiger partial charge in [0.2, 0.25) is 0 Å². The van der Waals surface area contributed by atoms with Crippen LogP contribution in [0.25, 0.3) is 0 Å². The molecule has 1 aliphatic carbocycles. The van der Waals surface area contributed by atoms with Gasteiger partial charge in [-0.2, -0.15) is 0 Å². The summed E-state index contributed by atoms with van der Waals surface area (Å²) in [5.74, 6) is 0.805. The molecule has 2 bridgehead atoms. The molecule has 2 aliphatic heterocycles. The summed E-state index contributed by atoms with van der Waals surface area (Å²) in [7, 11) is 0. The Bertz CT molecular complexity index is 280. The highest BCUT2D eigenvalue weighted by molar-refractivity contribution is 5.02. The van der Waals surface area contributed by atoms with Crippen LogP contribution in [0.2, 0.25) is 0 Å². The van der Waals surface area contributed by atoms with E-state index < -0.39 is 0 Å². The average Bonchev–Trinajstić information content (AvgIpc) is 2.16. The first-order chi connectivity index (χ1) is 7.44. The summed E-state index contributed by atoms with van der Waals surface area (Å²) in [6.45, 7) is 9.00. The highest BCUT2D eigenvalue weighted by Crippen LogP contribution is 2.51. The molecule has 1 heteroatoms. The molecular formula is C15H26O. The van der Waals surface area contributed by atoms with Crippen molar-refractivity contribution in [2.24, 2.45) is 5.92 Å². The summed E-state index contributed by atoms with van der Waals surface area (Å²) in [6, 6.07) is 0. The van der Waals surface area contributed by atoms with Gasteiger partial charge in [0.05, 0.1) is 11.2 Å². The van der Waals surface area contributed by atoms with Gasteiger partial charge in [0, 0.05) is 0 Å². The summed E-state index contributed by atoms with van der Waals surface area (Å²) >= 11 is 0. The van der Waals surface area contributed by atoms with E-state index in [4.69, 9.17) is 4.74 Å². The topological polar surface area (TPSA) is 9.23 Å². The molecule has 3 rings (SSSR count). The Labute approximate surface area is 100 Å². The Kier molecular flexibility index (Phi) is 3.18. The molecule has 0 aromatic heterocycles.